The third-order valence-corrected chi connectivity index (χ3v) is 3.14. The Labute approximate surface area is 112 Å². The number of carboxylic acid groups (broad SMARTS) is 1. The van der Waals surface area contributed by atoms with Gasteiger partial charge in [-0.1, -0.05) is 0 Å². The highest BCUT2D eigenvalue weighted by Gasteiger charge is 2.41. The van der Waals surface area contributed by atoms with Gasteiger partial charge < -0.3 is 9.52 Å². The average molecular weight is 284 g/mol. The van der Waals surface area contributed by atoms with Crippen molar-refractivity contribution >= 4 is 5.97 Å². The Balaban J connectivity index is 2.56. The molecule has 0 aliphatic carbocycles. The lowest BCUT2D eigenvalue weighted by molar-refractivity contribution is -0.143. The molecule has 0 spiro atoms. The second kappa shape index (κ2) is 5.03. The predicted molar refractivity (Wildman–Crippen MR) is 63.7 cm³/mol. The largest absolute Gasteiger partial charge is 0.481 e. The van der Waals surface area contributed by atoms with Gasteiger partial charge in [0.2, 0.25) is 0 Å². The van der Waals surface area contributed by atoms with E-state index in [2.05, 4.69) is 0 Å². The molecule has 0 aliphatic rings. The highest BCUT2D eigenvalue weighted by atomic mass is 19.1. The van der Waals surface area contributed by atoms with Crippen LogP contribution in [0, 0.1) is 17.5 Å². The molecule has 1 aromatic heterocycles. The summed E-state index contributed by atoms with van der Waals surface area (Å²) in [6, 6.07) is 3.96. The fourth-order valence-corrected chi connectivity index (χ4v) is 2.10. The van der Waals surface area contributed by atoms with Crippen LogP contribution in [0.1, 0.15) is 18.2 Å². The van der Waals surface area contributed by atoms with Gasteiger partial charge in [-0.15, -0.1) is 0 Å². The summed E-state index contributed by atoms with van der Waals surface area (Å²) in [6.45, 7) is 1.16. The Morgan fingerprint density at radius 1 is 1.30 bits per heavy atom. The van der Waals surface area contributed by atoms with Crippen molar-refractivity contribution in [3.05, 3.63) is 59.3 Å². The highest BCUT2D eigenvalue weighted by Crippen LogP contribution is 2.33. The van der Waals surface area contributed by atoms with Crippen molar-refractivity contribution in [3.8, 4) is 0 Å². The van der Waals surface area contributed by atoms with Crippen LogP contribution in [0.4, 0.5) is 13.2 Å². The molecule has 1 aromatic carbocycles. The van der Waals surface area contributed by atoms with Crippen LogP contribution in [0.15, 0.2) is 34.9 Å². The molecule has 0 bridgehead atoms. The van der Waals surface area contributed by atoms with E-state index >= 15 is 0 Å². The van der Waals surface area contributed by atoms with Crippen LogP contribution >= 0.6 is 0 Å². The van der Waals surface area contributed by atoms with Crippen molar-refractivity contribution < 1.29 is 27.5 Å². The van der Waals surface area contributed by atoms with Gasteiger partial charge in [0.25, 0.3) is 0 Å². The maximum absolute atomic E-state index is 13.8. The Hall–Kier alpha value is -2.24. The summed E-state index contributed by atoms with van der Waals surface area (Å²) in [7, 11) is 0. The summed E-state index contributed by atoms with van der Waals surface area (Å²) in [5, 5.41) is 9.33. The fourth-order valence-electron chi connectivity index (χ4n) is 2.10. The van der Waals surface area contributed by atoms with Gasteiger partial charge in [-0.2, -0.15) is 0 Å². The average Bonchev–Trinajstić information content (AvgIpc) is 2.79. The van der Waals surface area contributed by atoms with Crippen molar-refractivity contribution in [2.24, 2.45) is 0 Å². The number of furan rings is 1. The van der Waals surface area contributed by atoms with Crippen LogP contribution < -0.4 is 0 Å². The van der Waals surface area contributed by atoms with Crippen LogP contribution in [-0.2, 0) is 16.6 Å². The predicted octanol–water partition coefficient (Wildman–Crippen LogP) is 3.28. The zero-order valence-corrected chi connectivity index (χ0v) is 10.5. The molecule has 0 fully saturated rings. The van der Waals surface area contributed by atoms with Gasteiger partial charge in [0.05, 0.1) is 6.26 Å². The van der Waals surface area contributed by atoms with Gasteiger partial charge in [-0.25, -0.2) is 13.2 Å². The van der Waals surface area contributed by atoms with Crippen molar-refractivity contribution in [1.29, 1.82) is 0 Å². The Bertz CT molecular complexity index is 614. The zero-order chi connectivity index (χ0) is 14.9. The van der Waals surface area contributed by atoms with E-state index in [0.29, 0.717) is 12.1 Å². The van der Waals surface area contributed by atoms with Crippen molar-refractivity contribution in [3.63, 3.8) is 0 Å². The van der Waals surface area contributed by atoms with Gasteiger partial charge in [0.15, 0.2) is 0 Å². The fraction of sp³-hybridized carbons (Fsp3) is 0.214. The first kappa shape index (κ1) is 14.2. The molecule has 6 heteroatoms. The summed E-state index contributed by atoms with van der Waals surface area (Å²) >= 11 is 0. The zero-order valence-electron chi connectivity index (χ0n) is 10.5. The van der Waals surface area contributed by atoms with Crippen LogP contribution in [0.5, 0.6) is 0 Å². The van der Waals surface area contributed by atoms with Crippen LogP contribution in [0.25, 0.3) is 0 Å². The molecule has 20 heavy (non-hydrogen) atoms. The maximum Gasteiger partial charge on any atom is 0.314 e. The molecule has 106 valence electrons. The second-order valence-corrected chi connectivity index (χ2v) is 4.64. The number of carboxylic acids is 1. The minimum atomic E-state index is -1.90. The van der Waals surface area contributed by atoms with Crippen molar-refractivity contribution in [2.75, 3.05) is 0 Å². The number of hydrogen-bond acceptors (Lipinski definition) is 2. The number of hydrogen-bond donors (Lipinski definition) is 1. The number of aliphatic carboxylic acids is 1. The smallest absolute Gasteiger partial charge is 0.314 e. The van der Waals surface area contributed by atoms with Crippen LogP contribution in [0.3, 0.4) is 0 Å². The molecular weight excluding hydrogens is 273 g/mol. The van der Waals surface area contributed by atoms with E-state index < -0.39 is 34.4 Å². The third-order valence-electron chi connectivity index (χ3n) is 3.14. The maximum atomic E-state index is 13.8. The van der Waals surface area contributed by atoms with E-state index in [0.717, 1.165) is 6.92 Å². The lowest BCUT2D eigenvalue weighted by atomic mass is 9.78. The second-order valence-electron chi connectivity index (χ2n) is 4.64. The Morgan fingerprint density at radius 3 is 2.35 bits per heavy atom. The molecule has 0 saturated carbocycles. The monoisotopic (exact) mass is 284 g/mol. The molecule has 3 nitrogen and oxygen atoms in total. The first-order valence-corrected chi connectivity index (χ1v) is 5.75. The SMILES string of the molecule is CC(Cc1ccco1)(C(=O)O)c1c(F)cc(F)cc1F. The quantitative estimate of drug-likeness (QED) is 0.937. The van der Waals surface area contributed by atoms with E-state index in [1.807, 2.05) is 0 Å². The molecular formula is C14H11F3O3. The summed E-state index contributed by atoms with van der Waals surface area (Å²) < 4.78 is 45.6. The molecule has 2 rings (SSSR count). The van der Waals surface area contributed by atoms with Gasteiger partial charge in [0, 0.05) is 24.1 Å². The first-order valence-electron chi connectivity index (χ1n) is 5.75. The normalized spacial score (nSPS) is 14.0. The van der Waals surface area contributed by atoms with E-state index in [1.165, 1.54) is 18.4 Å². The number of halogens is 3. The minimum absolute atomic E-state index is 0.255. The number of rotatable bonds is 4. The number of benzene rings is 1. The van der Waals surface area contributed by atoms with E-state index in [4.69, 9.17) is 4.42 Å². The van der Waals surface area contributed by atoms with E-state index in [-0.39, 0.29) is 12.2 Å². The summed E-state index contributed by atoms with van der Waals surface area (Å²) in [6.07, 6.45) is 1.07. The Kier molecular flexibility index (Phi) is 3.57. The Morgan fingerprint density at radius 2 is 1.90 bits per heavy atom. The standard InChI is InChI=1S/C14H11F3O3/c1-14(13(18)19,7-9-3-2-4-20-9)12-10(16)5-8(15)6-11(12)17/h2-6H,7H2,1H3,(H,18,19). The third kappa shape index (κ3) is 2.41. The molecule has 2 aromatic rings. The van der Waals surface area contributed by atoms with Gasteiger partial charge in [-0.3, -0.25) is 4.79 Å². The van der Waals surface area contributed by atoms with E-state index in [9.17, 15) is 23.1 Å². The summed E-state index contributed by atoms with van der Waals surface area (Å²) in [5.74, 6) is -4.75. The minimum Gasteiger partial charge on any atom is -0.481 e. The summed E-state index contributed by atoms with van der Waals surface area (Å²) in [4.78, 5) is 11.5. The van der Waals surface area contributed by atoms with Gasteiger partial charge in [-0.05, 0) is 19.1 Å². The molecule has 1 unspecified atom stereocenters. The van der Waals surface area contributed by atoms with Crippen molar-refractivity contribution in [1.82, 2.24) is 0 Å². The first-order chi connectivity index (χ1) is 9.34. The number of carbonyl (C=O) groups is 1. The molecule has 1 atom stereocenters. The molecule has 0 amide bonds. The lowest BCUT2D eigenvalue weighted by Crippen LogP contribution is -2.36. The van der Waals surface area contributed by atoms with Crippen molar-refractivity contribution in [2.45, 2.75) is 18.8 Å². The molecule has 1 N–H and O–H groups in total. The summed E-state index contributed by atoms with van der Waals surface area (Å²) in [5.41, 5.74) is -2.59. The van der Waals surface area contributed by atoms with Gasteiger partial charge in [0.1, 0.15) is 28.6 Å². The van der Waals surface area contributed by atoms with E-state index in [1.54, 1.807) is 0 Å². The van der Waals surface area contributed by atoms with Crippen LogP contribution in [0.2, 0.25) is 0 Å². The molecule has 0 radical (unpaired) electrons. The van der Waals surface area contributed by atoms with Crippen LogP contribution in [-0.4, -0.2) is 11.1 Å². The lowest BCUT2D eigenvalue weighted by Gasteiger charge is -2.25. The highest BCUT2D eigenvalue weighted by molar-refractivity contribution is 5.81. The molecule has 0 aliphatic heterocycles. The topological polar surface area (TPSA) is 50.4 Å². The molecule has 0 saturated heterocycles. The molecule has 1 heterocycles. The van der Waals surface area contributed by atoms with Gasteiger partial charge >= 0.3 is 5.97 Å².